The van der Waals surface area contributed by atoms with Crippen molar-refractivity contribution in [3.05, 3.63) is 23.8 Å². The average Bonchev–Trinajstić information content (AvgIpc) is 2.71. The maximum absolute atomic E-state index is 2.47. The highest BCUT2D eigenvalue weighted by Gasteiger charge is 2.27. The second-order valence-electron chi connectivity index (χ2n) is 5.82. The van der Waals surface area contributed by atoms with E-state index in [4.69, 9.17) is 0 Å². The summed E-state index contributed by atoms with van der Waals surface area (Å²) in [6.07, 6.45) is 21.4. The lowest BCUT2D eigenvalue weighted by molar-refractivity contribution is 0.509. The van der Waals surface area contributed by atoms with Crippen LogP contribution in [0.25, 0.3) is 0 Å². The predicted octanol–water partition coefficient (Wildman–Crippen LogP) is 5.65. The molecule has 0 spiro atoms. The van der Waals surface area contributed by atoms with Gasteiger partial charge in [0.05, 0.1) is 0 Å². The zero-order chi connectivity index (χ0) is 11.9. The molecule has 2 aliphatic carbocycles. The van der Waals surface area contributed by atoms with E-state index in [1.54, 1.807) is 5.57 Å². The van der Waals surface area contributed by atoms with E-state index in [0.29, 0.717) is 0 Å². The quantitative estimate of drug-likeness (QED) is 0.548. The van der Waals surface area contributed by atoms with Crippen LogP contribution >= 0.6 is 0 Å². The maximum atomic E-state index is 2.47. The van der Waals surface area contributed by atoms with Gasteiger partial charge >= 0.3 is 0 Å². The van der Waals surface area contributed by atoms with Gasteiger partial charge in [0.2, 0.25) is 0 Å². The van der Waals surface area contributed by atoms with Crippen LogP contribution in [0.4, 0.5) is 0 Å². The summed E-state index contributed by atoms with van der Waals surface area (Å²) >= 11 is 0. The van der Waals surface area contributed by atoms with E-state index in [9.17, 15) is 0 Å². The molecule has 0 aromatic heterocycles. The molecule has 0 amide bonds. The molecular formula is C17H28. The highest BCUT2D eigenvalue weighted by atomic mass is 14.3. The fourth-order valence-corrected chi connectivity index (χ4v) is 3.55. The van der Waals surface area contributed by atoms with Gasteiger partial charge in [-0.05, 0) is 50.4 Å². The molecule has 0 bridgehead atoms. The molecule has 96 valence electrons. The SMILES string of the molecule is CCC1CCC2CCCCCCCC=CC=C12. The molecule has 0 N–H and O–H groups in total. The molecule has 2 rings (SSSR count). The van der Waals surface area contributed by atoms with Gasteiger partial charge in [0, 0.05) is 0 Å². The maximum Gasteiger partial charge on any atom is -0.0197 e. The Morgan fingerprint density at radius 2 is 1.82 bits per heavy atom. The van der Waals surface area contributed by atoms with Gasteiger partial charge in [-0.1, -0.05) is 56.4 Å². The Morgan fingerprint density at radius 1 is 1.00 bits per heavy atom. The molecule has 0 aromatic rings. The van der Waals surface area contributed by atoms with E-state index in [0.717, 1.165) is 11.8 Å². The van der Waals surface area contributed by atoms with Crippen LogP contribution in [-0.2, 0) is 0 Å². The van der Waals surface area contributed by atoms with Gasteiger partial charge in [-0.25, -0.2) is 0 Å². The fraction of sp³-hybridized carbons (Fsp3) is 0.765. The Bertz CT molecular complexity index is 272. The molecule has 0 radical (unpaired) electrons. The van der Waals surface area contributed by atoms with Gasteiger partial charge in [-0.2, -0.15) is 0 Å². The van der Waals surface area contributed by atoms with Crippen LogP contribution in [0.1, 0.15) is 71.1 Å². The van der Waals surface area contributed by atoms with Crippen molar-refractivity contribution in [2.75, 3.05) is 0 Å². The van der Waals surface area contributed by atoms with E-state index in [2.05, 4.69) is 25.2 Å². The first-order chi connectivity index (χ1) is 8.42. The Morgan fingerprint density at radius 3 is 2.71 bits per heavy atom. The predicted molar refractivity (Wildman–Crippen MR) is 76.0 cm³/mol. The van der Waals surface area contributed by atoms with Crippen molar-refractivity contribution in [1.82, 2.24) is 0 Å². The van der Waals surface area contributed by atoms with Gasteiger partial charge in [0.15, 0.2) is 0 Å². The number of rotatable bonds is 1. The molecule has 0 aliphatic heterocycles. The molecule has 0 nitrogen and oxygen atoms in total. The number of hydrogen-bond donors (Lipinski definition) is 0. The van der Waals surface area contributed by atoms with Gasteiger partial charge in [0.25, 0.3) is 0 Å². The fourth-order valence-electron chi connectivity index (χ4n) is 3.55. The van der Waals surface area contributed by atoms with Crippen LogP contribution in [0.2, 0.25) is 0 Å². The lowest BCUT2D eigenvalue weighted by Gasteiger charge is -2.16. The zero-order valence-electron chi connectivity index (χ0n) is 11.5. The summed E-state index contributed by atoms with van der Waals surface area (Å²) in [6.45, 7) is 2.35. The summed E-state index contributed by atoms with van der Waals surface area (Å²) in [6, 6.07) is 0. The molecule has 1 saturated carbocycles. The monoisotopic (exact) mass is 232 g/mol. The molecule has 2 unspecified atom stereocenters. The van der Waals surface area contributed by atoms with E-state index in [1.807, 2.05) is 0 Å². The lowest BCUT2D eigenvalue weighted by atomic mass is 9.90. The van der Waals surface area contributed by atoms with E-state index < -0.39 is 0 Å². The molecule has 0 heteroatoms. The van der Waals surface area contributed by atoms with E-state index >= 15 is 0 Å². The molecular weight excluding hydrogens is 204 g/mol. The minimum absolute atomic E-state index is 0.896. The smallest absolute Gasteiger partial charge is 0.0197 e. The highest BCUT2D eigenvalue weighted by Crippen LogP contribution is 2.41. The normalized spacial score (nSPS) is 31.2. The largest absolute Gasteiger partial charge is 0.0845 e. The summed E-state index contributed by atoms with van der Waals surface area (Å²) in [5.41, 5.74) is 1.78. The Hall–Kier alpha value is -0.520. The van der Waals surface area contributed by atoms with Crippen LogP contribution < -0.4 is 0 Å². The third kappa shape index (κ3) is 3.72. The molecule has 0 saturated heterocycles. The van der Waals surface area contributed by atoms with Crippen LogP contribution in [0.15, 0.2) is 23.8 Å². The molecule has 17 heavy (non-hydrogen) atoms. The second-order valence-corrected chi connectivity index (χ2v) is 5.82. The standard InChI is InChI=1S/C17H28/c1-2-15-13-14-16-11-9-7-5-3-4-6-8-10-12-17(15)16/h8,10,12,15-16H,2-7,9,11,13-14H2,1H3. The molecule has 2 aliphatic rings. The van der Waals surface area contributed by atoms with Crippen molar-refractivity contribution in [1.29, 1.82) is 0 Å². The van der Waals surface area contributed by atoms with E-state index in [1.165, 1.54) is 64.2 Å². The number of hydrogen-bond acceptors (Lipinski definition) is 0. The average molecular weight is 232 g/mol. The third-order valence-corrected chi connectivity index (χ3v) is 4.65. The van der Waals surface area contributed by atoms with E-state index in [-0.39, 0.29) is 0 Å². The van der Waals surface area contributed by atoms with Crippen molar-refractivity contribution in [3.8, 4) is 0 Å². The minimum atomic E-state index is 0.896. The molecule has 0 aromatic carbocycles. The number of fused-ring (bicyclic) bond motifs is 1. The Kier molecular flexibility index (Phi) is 5.35. The highest BCUT2D eigenvalue weighted by molar-refractivity contribution is 5.21. The van der Waals surface area contributed by atoms with Crippen LogP contribution in [-0.4, -0.2) is 0 Å². The Balaban J connectivity index is 2.04. The van der Waals surface area contributed by atoms with Crippen molar-refractivity contribution < 1.29 is 0 Å². The molecule has 2 atom stereocenters. The van der Waals surface area contributed by atoms with Crippen LogP contribution in [0, 0.1) is 11.8 Å². The van der Waals surface area contributed by atoms with Crippen molar-refractivity contribution in [2.24, 2.45) is 11.8 Å². The Labute approximate surface area is 107 Å². The summed E-state index contributed by atoms with van der Waals surface area (Å²) in [5.74, 6) is 1.82. The lowest BCUT2D eigenvalue weighted by Crippen LogP contribution is -2.02. The number of allylic oxidation sites excluding steroid dienone is 4. The third-order valence-electron chi connectivity index (χ3n) is 4.65. The van der Waals surface area contributed by atoms with Gasteiger partial charge < -0.3 is 0 Å². The first-order valence-electron chi connectivity index (χ1n) is 7.78. The van der Waals surface area contributed by atoms with Crippen LogP contribution in [0.5, 0.6) is 0 Å². The summed E-state index contributed by atoms with van der Waals surface area (Å²) < 4.78 is 0. The van der Waals surface area contributed by atoms with Crippen LogP contribution in [0.3, 0.4) is 0 Å². The first kappa shape index (κ1) is 12.9. The topological polar surface area (TPSA) is 0 Å². The van der Waals surface area contributed by atoms with Gasteiger partial charge in [0.1, 0.15) is 0 Å². The van der Waals surface area contributed by atoms with Crippen molar-refractivity contribution in [2.45, 2.75) is 71.1 Å². The first-order valence-corrected chi connectivity index (χ1v) is 7.78. The van der Waals surface area contributed by atoms with Crippen molar-refractivity contribution in [3.63, 3.8) is 0 Å². The van der Waals surface area contributed by atoms with Crippen molar-refractivity contribution >= 4 is 0 Å². The summed E-state index contributed by atoms with van der Waals surface area (Å²) in [5, 5.41) is 0. The van der Waals surface area contributed by atoms with Gasteiger partial charge in [-0.3, -0.25) is 0 Å². The van der Waals surface area contributed by atoms with Gasteiger partial charge in [-0.15, -0.1) is 0 Å². The molecule has 0 heterocycles. The zero-order valence-corrected chi connectivity index (χ0v) is 11.5. The second kappa shape index (κ2) is 7.03. The summed E-state index contributed by atoms with van der Waals surface area (Å²) in [4.78, 5) is 0. The summed E-state index contributed by atoms with van der Waals surface area (Å²) in [7, 11) is 0. The molecule has 1 fully saturated rings. The minimum Gasteiger partial charge on any atom is -0.0845 e.